The molecule has 0 bridgehead atoms. The van der Waals surface area contributed by atoms with Crippen LogP contribution in [0, 0.1) is 0 Å². The Morgan fingerprint density at radius 1 is 1.00 bits per heavy atom. The van der Waals surface area contributed by atoms with Gasteiger partial charge in [0.1, 0.15) is 6.54 Å². The van der Waals surface area contributed by atoms with Crippen molar-refractivity contribution in [2.45, 2.75) is 18.0 Å². The molecule has 0 radical (unpaired) electrons. The van der Waals surface area contributed by atoms with E-state index in [1.807, 2.05) is 42.6 Å². The Hall–Kier alpha value is -3.58. The van der Waals surface area contributed by atoms with E-state index in [1.54, 1.807) is 34.3 Å². The third kappa shape index (κ3) is 3.37. The molecule has 2 saturated heterocycles. The molecule has 1 aromatic carbocycles. The number of fused-ring (bicyclic) bond motifs is 1. The van der Waals surface area contributed by atoms with Crippen LogP contribution in [-0.2, 0) is 4.79 Å². The fourth-order valence-electron chi connectivity index (χ4n) is 4.76. The molecule has 5 rings (SSSR count). The van der Waals surface area contributed by atoms with Gasteiger partial charge in [-0.25, -0.2) is 0 Å². The van der Waals surface area contributed by atoms with Crippen molar-refractivity contribution in [2.24, 2.45) is 0 Å². The predicted molar refractivity (Wildman–Crippen MR) is 114 cm³/mol. The van der Waals surface area contributed by atoms with E-state index < -0.39 is 0 Å². The van der Waals surface area contributed by atoms with E-state index in [0.29, 0.717) is 12.1 Å². The number of rotatable bonds is 4. The number of piperazine rings is 1. The topological polar surface area (TPSA) is 86.6 Å². The Labute approximate surface area is 180 Å². The fourth-order valence-corrected chi connectivity index (χ4v) is 4.76. The maximum atomic E-state index is 12.9. The first kappa shape index (κ1) is 19.4. The van der Waals surface area contributed by atoms with Crippen molar-refractivity contribution in [1.29, 1.82) is 0 Å². The molecule has 2 aliphatic heterocycles. The van der Waals surface area contributed by atoms with E-state index >= 15 is 0 Å². The highest BCUT2D eigenvalue weighted by Crippen LogP contribution is 2.43. The zero-order chi connectivity index (χ0) is 21.4. The minimum absolute atomic E-state index is 0.0212. The summed E-state index contributed by atoms with van der Waals surface area (Å²) in [7, 11) is 0. The summed E-state index contributed by atoms with van der Waals surface area (Å²) in [6.07, 6.45) is 6.69. The molecule has 156 valence electrons. The number of hydrogen-bond acceptors (Lipinski definition) is 5. The lowest BCUT2D eigenvalue weighted by molar-refractivity contribution is -0.159. The van der Waals surface area contributed by atoms with E-state index in [1.165, 1.54) is 6.20 Å². The van der Waals surface area contributed by atoms with Gasteiger partial charge < -0.3 is 14.9 Å². The van der Waals surface area contributed by atoms with Crippen LogP contribution in [0.15, 0.2) is 73.3 Å². The second kappa shape index (κ2) is 7.92. The molecule has 7 nitrogen and oxygen atoms in total. The molecule has 7 heteroatoms. The van der Waals surface area contributed by atoms with Gasteiger partial charge in [0.05, 0.1) is 24.3 Å². The van der Waals surface area contributed by atoms with Crippen molar-refractivity contribution >= 4 is 11.8 Å². The van der Waals surface area contributed by atoms with Crippen LogP contribution in [0.1, 0.15) is 21.8 Å². The van der Waals surface area contributed by atoms with Crippen LogP contribution < -0.4 is 0 Å². The normalized spacial score (nSPS) is 22.6. The number of aliphatic hydroxyl groups excluding tert-OH is 1. The molecule has 3 aromatic rings. The number of amides is 2. The van der Waals surface area contributed by atoms with Gasteiger partial charge in [-0.2, -0.15) is 0 Å². The highest BCUT2D eigenvalue weighted by atomic mass is 16.3. The second-order valence-corrected chi connectivity index (χ2v) is 7.94. The van der Waals surface area contributed by atoms with E-state index in [-0.39, 0.29) is 43.0 Å². The number of hydrogen-bond donors (Lipinski definition) is 1. The molecule has 31 heavy (non-hydrogen) atoms. The maximum absolute atomic E-state index is 12.9. The number of carbonyl (C=O) groups is 2. The SMILES string of the molecule is O=C(c1cccnc1)N1CC(=O)N2[C@H](C1)[C@@H](c1ccc(-c3cccnc3)cc1)[C@@H]2CO. The molecule has 2 amide bonds. The summed E-state index contributed by atoms with van der Waals surface area (Å²) in [5.74, 6) is -0.351. The van der Waals surface area contributed by atoms with E-state index in [9.17, 15) is 14.7 Å². The molecule has 2 aromatic heterocycles. The third-order valence-electron chi connectivity index (χ3n) is 6.24. The molecule has 0 aliphatic carbocycles. The average Bonchev–Trinajstić information content (AvgIpc) is 2.81. The second-order valence-electron chi connectivity index (χ2n) is 7.94. The molecule has 2 fully saturated rings. The Morgan fingerprint density at radius 2 is 1.74 bits per heavy atom. The Bertz CT molecular complexity index is 1090. The third-order valence-corrected chi connectivity index (χ3v) is 6.24. The van der Waals surface area contributed by atoms with Gasteiger partial charge in [-0.15, -0.1) is 0 Å². The van der Waals surface area contributed by atoms with Crippen molar-refractivity contribution < 1.29 is 14.7 Å². The minimum atomic E-state index is -0.266. The van der Waals surface area contributed by atoms with E-state index in [2.05, 4.69) is 9.97 Å². The molecule has 1 N–H and O–H groups in total. The summed E-state index contributed by atoms with van der Waals surface area (Å²) in [6, 6.07) is 15.1. The Balaban J connectivity index is 1.39. The first-order valence-electron chi connectivity index (χ1n) is 10.3. The smallest absolute Gasteiger partial charge is 0.255 e. The van der Waals surface area contributed by atoms with Gasteiger partial charge in [0.2, 0.25) is 5.91 Å². The van der Waals surface area contributed by atoms with Crippen LogP contribution in [0.25, 0.3) is 11.1 Å². The zero-order valence-corrected chi connectivity index (χ0v) is 16.8. The Kier molecular flexibility index (Phi) is 4.95. The van der Waals surface area contributed by atoms with E-state index in [4.69, 9.17) is 0 Å². The molecule has 0 spiro atoms. The van der Waals surface area contributed by atoms with Crippen LogP contribution in [0.4, 0.5) is 0 Å². The van der Waals surface area contributed by atoms with E-state index in [0.717, 1.165) is 16.7 Å². The molecule has 0 saturated carbocycles. The minimum Gasteiger partial charge on any atom is -0.394 e. The Morgan fingerprint density at radius 3 is 2.39 bits per heavy atom. The van der Waals surface area contributed by atoms with Gasteiger partial charge in [0.25, 0.3) is 5.91 Å². The number of pyridine rings is 2. The largest absolute Gasteiger partial charge is 0.394 e. The lowest BCUT2D eigenvalue weighted by Gasteiger charge is -2.58. The van der Waals surface area contributed by atoms with Gasteiger partial charge >= 0.3 is 0 Å². The van der Waals surface area contributed by atoms with Gasteiger partial charge in [0.15, 0.2) is 0 Å². The van der Waals surface area contributed by atoms with Gasteiger partial charge in [0, 0.05) is 37.3 Å². The van der Waals surface area contributed by atoms with Gasteiger partial charge in [-0.3, -0.25) is 19.6 Å². The average molecular weight is 414 g/mol. The number of carbonyl (C=O) groups excluding carboxylic acids is 2. The van der Waals surface area contributed by atoms with Crippen molar-refractivity contribution in [2.75, 3.05) is 19.7 Å². The van der Waals surface area contributed by atoms with Crippen molar-refractivity contribution in [3.63, 3.8) is 0 Å². The number of benzene rings is 1. The van der Waals surface area contributed by atoms with Crippen LogP contribution in [0.5, 0.6) is 0 Å². The quantitative estimate of drug-likeness (QED) is 0.705. The monoisotopic (exact) mass is 414 g/mol. The molecule has 4 heterocycles. The lowest BCUT2D eigenvalue weighted by Crippen LogP contribution is -2.73. The lowest BCUT2D eigenvalue weighted by atomic mass is 9.73. The molecular weight excluding hydrogens is 392 g/mol. The van der Waals surface area contributed by atoms with Crippen LogP contribution in [0.2, 0.25) is 0 Å². The van der Waals surface area contributed by atoms with Crippen molar-refractivity contribution in [1.82, 2.24) is 19.8 Å². The first-order valence-corrected chi connectivity index (χ1v) is 10.3. The molecular formula is C24H22N4O3. The van der Waals surface area contributed by atoms with Gasteiger partial charge in [-0.05, 0) is 34.9 Å². The van der Waals surface area contributed by atoms with Crippen LogP contribution in [-0.4, -0.2) is 68.5 Å². The fraction of sp³-hybridized carbons (Fsp3) is 0.250. The highest BCUT2D eigenvalue weighted by molar-refractivity contribution is 5.97. The first-order chi connectivity index (χ1) is 15.2. The standard InChI is InChI=1S/C24H22N4O3/c29-15-21-23(17-7-5-16(6-8-17)18-3-1-9-25-11-18)20-13-27(14-22(30)28(20)21)24(31)19-4-2-10-26-12-19/h1-12,20-21,23,29H,13-15H2/t20-,21+,23-/m1/s1. The zero-order valence-electron chi connectivity index (χ0n) is 16.8. The summed E-state index contributed by atoms with van der Waals surface area (Å²) in [5, 5.41) is 9.97. The van der Waals surface area contributed by atoms with Crippen molar-refractivity contribution in [3.05, 3.63) is 84.4 Å². The van der Waals surface area contributed by atoms with Crippen molar-refractivity contribution in [3.8, 4) is 11.1 Å². The molecule has 2 aliphatic rings. The van der Waals surface area contributed by atoms with Crippen LogP contribution >= 0.6 is 0 Å². The summed E-state index contributed by atoms with van der Waals surface area (Å²) in [4.78, 5) is 37.2. The summed E-state index contributed by atoms with van der Waals surface area (Å²) in [6.45, 7) is 0.353. The molecule has 0 unspecified atom stereocenters. The summed E-state index contributed by atoms with van der Waals surface area (Å²) < 4.78 is 0. The molecule has 3 atom stereocenters. The predicted octanol–water partition coefficient (Wildman–Crippen LogP) is 1.95. The summed E-state index contributed by atoms with van der Waals surface area (Å²) >= 11 is 0. The maximum Gasteiger partial charge on any atom is 0.255 e. The summed E-state index contributed by atoms with van der Waals surface area (Å²) in [5.41, 5.74) is 3.61. The number of nitrogens with zero attached hydrogens (tertiary/aromatic N) is 4. The van der Waals surface area contributed by atoms with Crippen LogP contribution in [0.3, 0.4) is 0 Å². The number of aliphatic hydroxyl groups is 1. The highest BCUT2D eigenvalue weighted by Gasteiger charge is 2.54. The van der Waals surface area contributed by atoms with Gasteiger partial charge in [-0.1, -0.05) is 30.3 Å². The number of aromatic nitrogens is 2.